The van der Waals surface area contributed by atoms with Crippen LogP contribution in [-0.4, -0.2) is 39.4 Å². The van der Waals surface area contributed by atoms with E-state index in [1.165, 1.54) is 0 Å². The first-order valence-corrected chi connectivity index (χ1v) is 6.32. The van der Waals surface area contributed by atoms with Gasteiger partial charge in [-0.3, -0.25) is 4.90 Å². The maximum Gasteiger partial charge on any atom is 0.347 e. The average molecular weight is 237 g/mol. The number of rotatable bonds is 1. The Kier molecular flexibility index (Phi) is 2.62. The summed E-state index contributed by atoms with van der Waals surface area (Å²) in [6.07, 6.45) is 6.24. The average Bonchev–Trinajstić information content (AvgIpc) is 2.71. The van der Waals surface area contributed by atoms with Crippen LogP contribution in [0.15, 0.2) is 4.99 Å². The lowest BCUT2D eigenvalue weighted by Crippen LogP contribution is -2.57. The van der Waals surface area contributed by atoms with E-state index in [1.54, 1.807) is 4.90 Å². The molecule has 0 aromatic rings. The molecule has 5 heteroatoms. The van der Waals surface area contributed by atoms with E-state index in [0.29, 0.717) is 11.1 Å². The summed E-state index contributed by atoms with van der Waals surface area (Å²) in [6, 6.07) is -0.555. The molecule has 0 bridgehead atoms. The van der Waals surface area contributed by atoms with E-state index in [9.17, 15) is 4.79 Å². The fourth-order valence-corrected chi connectivity index (χ4v) is 3.76. The van der Waals surface area contributed by atoms with E-state index in [2.05, 4.69) is 17.8 Å². The van der Waals surface area contributed by atoms with E-state index >= 15 is 0 Å². The van der Waals surface area contributed by atoms with Gasteiger partial charge in [-0.15, -0.1) is 6.42 Å². The smallest absolute Gasteiger partial charge is 0.347 e. The second-order valence-corrected chi connectivity index (χ2v) is 5.78. The molecule has 1 spiro atoms. The highest BCUT2D eigenvalue weighted by atomic mass is 32.2. The molecular formula is C11H15N3OS. The Hall–Kier alpha value is -1.15. The van der Waals surface area contributed by atoms with Crippen molar-refractivity contribution in [1.82, 2.24) is 4.90 Å². The van der Waals surface area contributed by atoms with Gasteiger partial charge in [-0.1, -0.05) is 12.8 Å². The van der Waals surface area contributed by atoms with Crippen molar-refractivity contribution in [2.75, 3.05) is 5.75 Å². The molecule has 3 atom stereocenters. The number of nitrogens with two attached hydrogens (primary N) is 1. The van der Waals surface area contributed by atoms with Crippen LogP contribution < -0.4 is 5.73 Å². The molecule has 16 heavy (non-hydrogen) atoms. The van der Waals surface area contributed by atoms with Crippen molar-refractivity contribution >= 4 is 23.6 Å². The first-order chi connectivity index (χ1) is 7.51. The lowest BCUT2D eigenvalue weighted by Gasteiger charge is -2.36. The summed E-state index contributed by atoms with van der Waals surface area (Å²) in [5.74, 6) is 3.81. The maximum atomic E-state index is 11.8. The van der Waals surface area contributed by atoms with Crippen molar-refractivity contribution in [3.8, 4) is 12.3 Å². The van der Waals surface area contributed by atoms with Gasteiger partial charge < -0.3 is 5.73 Å². The molecule has 3 unspecified atom stereocenters. The predicted molar refractivity (Wildman–Crippen MR) is 66.4 cm³/mol. The SMILES string of the molecule is C#CC(C)N1C(=O)N=C(N)C12CSC(C)C2. The van der Waals surface area contributed by atoms with Crippen LogP contribution in [0.5, 0.6) is 0 Å². The summed E-state index contributed by atoms with van der Waals surface area (Å²) >= 11 is 1.81. The zero-order chi connectivity index (χ0) is 11.9. The van der Waals surface area contributed by atoms with Gasteiger partial charge in [0.05, 0.1) is 6.04 Å². The molecule has 0 aromatic heterocycles. The van der Waals surface area contributed by atoms with Gasteiger partial charge in [0.25, 0.3) is 0 Å². The predicted octanol–water partition coefficient (Wildman–Crippen LogP) is 1.07. The Morgan fingerprint density at radius 2 is 2.50 bits per heavy atom. The molecule has 4 nitrogen and oxygen atoms in total. The number of amidine groups is 1. The van der Waals surface area contributed by atoms with E-state index in [1.807, 2.05) is 18.7 Å². The van der Waals surface area contributed by atoms with Crippen LogP contribution >= 0.6 is 11.8 Å². The molecule has 2 N–H and O–H groups in total. The molecule has 1 saturated heterocycles. The van der Waals surface area contributed by atoms with Crippen LogP contribution in [0.2, 0.25) is 0 Å². The molecule has 86 valence electrons. The molecule has 2 heterocycles. The zero-order valence-corrected chi connectivity index (χ0v) is 10.3. The third kappa shape index (κ3) is 1.40. The van der Waals surface area contributed by atoms with Gasteiger partial charge in [0.1, 0.15) is 11.4 Å². The van der Waals surface area contributed by atoms with E-state index < -0.39 is 5.54 Å². The van der Waals surface area contributed by atoms with Gasteiger partial charge in [-0.2, -0.15) is 16.8 Å². The number of thioether (sulfide) groups is 1. The number of amides is 2. The Morgan fingerprint density at radius 3 is 3.00 bits per heavy atom. The number of hydrogen-bond acceptors (Lipinski definition) is 3. The van der Waals surface area contributed by atoms with Gasteiger partial charge >= 0.3 is 6.03 Å². The highest BCUT2D eigenvalue weighted by Crippen LogP contribution is 2.42. The lowest BCUT2D eigenvalue weighted by atomic mass is 9.92. The van der Waals surface area contributed by atoms with Crippen LogP contribution in [-0.2, 0) is 0 Å². The van der Waals surface area contributed by atoms with Crippen LogP contribution in [0.25, 0.3) is 0 Å². The van der Waals surface area contributed by atoms with Gasteiger partial charge in [-0.25, -0.2) is 4.79 Å². The first kappa shape index (κ1) is 11.3. The minimum atomic E-state index is -0.438. The highest BCUT2D eigenvalue weighted by molar-refractivity contribution is 8.00. The highest BCUT2D eigenvalue weighted by Gasteiger charge is 2.53. The van der Waals surface area contributed by atoms with Gasteiger partial charge in [0.2, 0.25) is 0 Å². The maximum absolute atomic E-state index is 11.8. The summed E-state index contributed by atoms with van der Waals surface area (Å²) in [7, 11) is 0. The molecular weight excluding hydrogens is 222 g/mol. The molecule has 0 radical (unpaired) electrons. The summed E-state index contributed by atoms with van der Waals surface area (Å²) in [6.45, 7) is 3.97. The van der Waals surface area contributed by atoms with E-state index in [4.69, 9.17) is 12.2 Å². The summed E-state index contributed by atoms with van der Waals surface area (Å²) in [5, 5.41) is 0.479. The first-order valence-electron chi connectivity index (χ1n) is 5.27. The monoisotopic (exact) mass is 237 g/mol. The number of aliphatic imine (C=N–C) groups is 1. The number of hydrogen-bond donors (Lipinski definition) is 1. The third-order valence-electron chi connectivity index (χ3n) is 3.22. The molecule has 2 rings (SSSR count). The van der Waals surface area contributed by atoms with Crippen molar-refractivity contribution in [2.45, 2.75) is 37.1 Å². The molecule has 2 amide bonds. The summed E-state index contributed by atoms with van der Waals surface area (Å²) in [4.78, 5) is 17.4. The Morgan fingerprint density at radius 1 is 1.81 bits per heavy atom. The summed E-state index contributed by atoms with van der Waals surface area (Å²) in [5.41, 5.74) is 5.48. The second-order valence-electron chi connectivity index (χ2n) is 4.35. The Balaban J connectivity index is 2.38. The molecule has 0 saturated carbocycles. The standard InChI is InChI=1S/C11H15N3OS/c1-4-7(2)14-10(15)13-9(12)11(14)5-8(3)16-6-11/h1,7-8H,5-6H2,2-3H3,(H2,12,13,15). The van der Waals surface area contributed by atoms with Crippen molar-refractivity contribution in [3.63, 3.8) is 0 Å². The van der Waals surface area contributed by atoms with Crippen molar-refractivity contribution < 1.29 is 4.79 Å². The van der Waals surface area contributed by atoms with Crippen molar-refractivity contribution in [3.05, 3.63) is 0 Å². The number of carbonyl (C=O) groups is 1. The van der Waals surface area contributed by atoms with Gasteiger partial charge in [-0.05, 0) is 13.3 Å². The molecule has 2 aliphatic rings. The molecule has 0 aromatic carbocycles. The fraction of sp³-hybridized carbons (Fsp3) is 0.636. The number of nitrogens with zero attached hydrogens (tertiary/aromatic N) is 2. The molecule has 1 fully saturated rings. The molecule has 2 aliphatic heterocycles. The normalized spacial score (nSPS) is 35.3. The van der Waals surface area contributed by atoms with Crippen LogP contribution in [0.1, 0.15) is 20.3 Å². The van der Waals surface area contributed by atoms with Crippen molar-refractivity contribution in [1.29, 1.82) is 0 Å². The van der Waals surface area contributed by atoms with Gasteiger partial charge in [0, 0.05) is 11.0 Å². The minimum absolute atomic E-state index is 0.261. The van der Waals surface area contributed by atoms with E-state index in [-0.39, 0.29) is 12.1 Å². The van der Waals surface area contributed by atoms with Crippen LogP contribution in [0.3, 0.4) is 0 Å². The number of terminal acetylenes is 1. The van der Waals surface area contributed by atoms with Crippen LogP contribution in [0, 0.1) is 12.3 Å². The number of urea groups is 1. The van der Waals surface area contributed by atoms with Crippen LogP contribution in [0.4, 0.5) is 4.79 Å². The topological polar surface area (TPSA) is 58.7 Å². The zero-order valence-electron chi connectivity index (χ0n) is 9.43. The lowest BCUT2D eigenvalue weighted by molar-refractivity contribution is 0.167. The summed E-state index contributed by atoms with van der Waals surface area (Å²) < 4.78 is 0. The van der Waals surface area contributed by atoms with Crippen molar-refractivity contribution in [2.24, 2.45) is 10.7 Å². The third-order valence-corrected chi connectivity index (χ3v) is 4.60. The number of carbonyl (C=O) groups excluding carboxylic acids is 1. The van der Waals surface area contributed by atoms with Gasteiger partial charge in [0.15, 0.2) is 0 Å². The molecule has 0 aliphatic carbocycles. The largest absolute Gasteiger partial charge is 0.385 e. The second kappa shape index (κ2) is 3.70. The fourth-order valence-electron chi connectivity index (χ4n) is 2.40. The Bertz CT molecular complexity index is 401. The minimum Gasteiger partial charge on any atom is -0.385 e. The quantitative estimate of drug-likeness (QED) is 0.694. The Labute approximate surface area is 99.7 Å². The van der Waals surface area contributed by atoms with E-state index in [0.717, 1.165) is 12.2 Å².